The smallest absolute Gasteiger partial charge is 0.327 e. The van der Waals surface area contributed by atoms with Gasteiger partial charge in [-0.2, -0.15) is 0 Å². The molecular formula is C16H19NO3S. The van der Waals surface area contributed by atoms with E-state index in [-0.39, 0.29) is 11.3 Å². The standard InChI is InChI=1S/C16H19NO3S/c1-10-4-2-3-5-12(10)8-14(18)17-13(16(19)20)9-21-15(17)11-6-7-11/h2-5,11,13,15H,6-9H2,1H3,(H,19,20). The minimum absolute atomic E-state index is 0.0569. The Kier molecular flexibility index (Phi) is 3.93. The van der Waals surface area contributed by atoms with Crippen LogP contribution in [-0.4, -0.2) is 39.1 Å². The van der Waals surface area contributed by atoms with E-state index in [4.69, 9.17) is 0 Å². The average molecular weight is 305 g/mol. The van der Waals surface area contributed by atoms with Gasteiger partial charge in [0.1, 0.15) is 6.04 Å². The van der Waals surface area contributed by atoms with E-state index in [1.54, 1.807) is 16.7 Å². The highest BCUT2D eigenvalue weighted by Crippen LogP contribution is 2.45. The second-order valence-corrected chi connectivity index (χ2v) is 6.97. The van der Waals surface area contributed by atoms with Crippen LogP contribution in [0.2, 0.25) is 0 Å². The molecule has 0 spiro atoms. The summed E-state index contributed by atoms with van der Waals surface area (Å²) in [4.78, 5) is 25.7. The maximum absolute atomic E-state index is 12.7. The largest absolute Gasteiger partial charge is 0.480 e. The predicted octanol–water partition coefficient (Wildman–Crippen LogP) is 2.30. The molecular weight excluding hydrogens is 286 g/mol. The van der Waals surface area contributed by atoms with E-state index in [0.29, 0.717) is 18.1 Å². The van der Waals surface area contributed by atoms with Crippen molar-refractivity contribution in [2.45, 2.75) is 37.6 Å². The Morgan fingerprint density at radius 1 is 1.33 bits per heavy atom. The van der Waals surface area contributed by atoms with E-state index in [0.717, 1.165) is 24.0 Å². The van der Waals surface area contributed by atoms with Crippen LogP contribution in [0.25, 0.3) is 0 Å². The fraction of sp³-hybridized carbons (Fsp3) is 0.500. The molecule has 0 bridgehead atoms. The molecule has 21 heavy (non-hydrogen) atoms. The molecule has 1 aromatic carbocycles. The number of rotatable bonds is 4. The molecule has 2 atom stereocenters. The normalized spacial score (nSPS) is 25.1. The molecule has 0 aromatic heterocycles. The van der Waals surface area contributed by atoms with Crippen molar-refractivity contribution in [1.82, 2.24) is 4.90 Å². The Bertz CT molecular complexity index is 570. The van der Waals surface area contributed by atoms with Crippen molar-refractivity contribution in [1.29, 1.82) is 0 Å². The van der Waals surface area contributed by atoms with Gasteiger partial charge in [0.15, 0.2) is 0 Å². The number of hydrogen-bond acceptors (Lipinski definition) is 3. The summed E-state index contributed by atoms with van der Waals surface area (Å²) in [5.74, 6) is 0.0540. The quantitative estimate of drug-likeness (QED) is 0.927. The number of carbonyl (C=O) groups is 2. The molecule has 4 nitrogen and oxygen atoms in total. The Balaban J connectivity index is 1.79. The van der Waals surface area contributed by atoms with Gasteiger partial charge in [0.05, 0.1) is 11.8 Å². The maximum Gasteiger partial charge on any atom is 0.327 e. The van der Waals surface area contributed by atoms with E-state index < -0.39 is 12.0 Å². The lowest BCUT2D eigenvalue weighted by molar-refractivity contribution is -0.149. The second-order valence-electron chi connectivity index (χ2n) is 5.82. The molecule has 1 saturated carbocycles. The zero-order chi connectivity index (χ0) is 15.0. The first kappa shape index (κ1) is 14.4. The number of carbonyl (C=O) groups excluding carboxylic acids is 1. The third-order valence-electron chi connectivity index (χ3n) is 4.24. The summed E-state index contributed by atoms with van der Waals surface area (Å²) in [6.45, 7) is 1.98. The number of carboxylic acids is 1. The summed E-state index contributed by atoms with van der Waals surface area (Å²) in [7, 11) is 0. The molecule has 1 saturated heterocycles. The molecule has 1 heterocycles. The third-order valence-corrected chi connectivity index (χ3v) is 5.70. The molecule has 0 radical (unpaired) electrons. The van der Waals surface area contributed by atoms with Crippen LogP contribution in [-0.2, 0) is 16.0 Å². The highest BCUT2D eigenvalue weighted by molar-refractivity contribution is 8.00. The maximum atomic E-state index is 12.7. The zero-order valence-electron chi connectivity index (χ0n) is 12.0. The first-order valence-corrected chi connectivity index (χ1v) is 8.33. The number of aliphatic carboxylic acids is 1. The molecule has 1 amide bonds. The van der Waals surface area contributed by atoms with E-state index in [1.807, 2.05) is 31.2 Å². The van der Waals surface area contributed by atoms with Gasteiger partial charge in [0.2, 0.25) is 5.91 Å². The molecule has 1 aliphatic carbocycles. The molecule has 112 valence electrons. The number of thioether (sulfide) groups is 1. The Labute approximate surface area is 128 Å². The van der Waals surface area contributed by atoms with Crippen LogP contribution in [0.3, 0.4) is 0 Å². The minimum Gasteiger partial charge on any atom is -0.480 e. The Morgan fingerprint density at radius 2 is 2.05 bits per heavy atom. The average Bonchev–Trinajstić information content (AvgIpc) is 3.19. The van der Waals surface area contributed by atoms with Crippen molar-refractivity contribution >= 4 is 23.6 Å². The summed E-state index contributed by atoms with van der Waals surface area (Å²) in [6.07, 6.45) is 2.51. The van der Waals surface area contributed by atoms with Gasteiger partial charge in [-0.15, -0.1) is 11.8 Å². The number of hydrogen-bond donors (Lipinski definition) is 1. The van der Waals surface area contributed by atoms with Gasteiger partial charge in [0, 0.05) is 5.75 Å². The summed E-state index contributed by atoms with van der Waals surface area (Å²) >= 11 is 1.62. The molecule has 5 heteroatoms. The third kappa shape index (κ3) is 2.93. The van der Waals surface area contributed by atoms with Crippen LogP contribution >= 0.6 is 11.8 Å². The van der Waals surface area contributed by atoms with Crippen molar-refractivity contribution in [3.8, 4) is 0 Å². The van der Waals surface area contributed by atoms with Crippen LogP contribution in [0, 0.1) is 12.8 Å². The Hall–Kier alpha value is -1.49. The van der Waals surface area contributed by atoms with E-state index in [2.05, 4.69) is 0 Å². The molecule has 2 unspecified atom stereocenters. The fourth-order valence-corrected chi connectivity index (χ4v) is 4.49. The number of nitrogens with zero attached hydrogens (tertiary/aromatic N) is 1. The van der Waals surface area contributed by atoms with Crippen molar-refractivity contribution in [2.24, 2.45) is 5.92 Å². The van der Waals surface area contributed by atoms with Crippen LogP contribution in [0.15, 0.2) is 24.3 Å². The van der Waals surface area contributed by atoms with Crippen molar-refractivity contribution < 1.29 is 14.7 Å². The molecule has 3 rings (SSSR count). The van der Waals surface area contributed by atoms with Gasteiger partial charge < -0.3 is 10.0 Å². The number of benzene rings is 1. The van der Waals surface area contributed by atoms with Gasteiger partial charge in [-0.25, -0.2) is 4.79 Å². The van der Waals surface area contributed by atoms with Crippen LogP contribution in [0.4, 0.5) is 0 Å². The Morgan fingerprint density at radius 3 is 2.67 bits per heavy atom. The van der Waals surface area contributed by atoms with Gasteiger partial charge in [-0.3, -0.25) is 4.79 Å². The lowest BCUT2D eigenvalue weighted by Crippen LogP contribution is -2.47. The predicted molar refractivity (Wildman–Crippen MR) is 82.1 cm³/mol. The van der Waals surface area contributed by atoms with Crippen LogP contribution < -0.4 is 0 Å². The van der Waals surface area contributed by atoms with E-state index >= 15 is 0 Å². The van der Waals surface area contributed by atoms with E-state index in [1.165, 1.54) is 0 Å². The molecule has 2 aliphatic rings. The number of amides is 1. The van der Waals surface area contributed by atoms with Crippen molar-refractivity contribution in [3.05, 3.63) is 35.4 Å². The molecule has 2 fully saturated rings. The van der Waals surface area contributed by atoms with E-state index in [9.17, 15) is 14.7 Å². The zero-order valence-corrected chi connectivity index (χ0v) is 12.8. The topological polar surface area (TPSA) is 57.6 Å². The lowest BCUT2D eigenvalue weighted by atomic mass is 10.0. The molecule has 1 N–H and O–H groups in total. The van der Waals surface area contributed by atoms with Crippen LogP contribution in [0.5, 0.6) is 0 Å². The molecule has 1 aliphatic heterocycles. The second kappa shape index (κ2) is 5.72. The van der Waals surface area contributed by atoms with Crippen LogP contribution in [0.1, 0.15) is 24.0 Å². The highest BCUT2D eigenvalue weighted by atomic mass is 32.2. The first-order valence-electron chi connectivity index (χ1n) is 7.28. The van der Waals surface area contributed by atoms with Gasteiger partial charge >= 0.3 is 5.97 Å². The minimum atomic E-state index is -0.885. The first-order chi connectivity index (χ1) is 10.1. The highest BCUT2D eigenvalue weighted by Gasteiger charge is 2.47. The van der Waals surface area contributed by atoms with Gasteiger partial charge in [-0.1, -0.05) is 24.3 Å². The molecule has 1 aromatic rings. The summed E-state index contributed by atoms with van der Waals surface area (Å²) in [5.41, 5.74) is 2.06. The number of aryl methyl sites for hydroxylation is 1. The van der Waals surface area contributed by atoms with Gasteiger partial charge in [-0.05, 0) is 36.8 Å². The fourth-order valence-electron chi connectivity index (χ4n) is 2.84. The summed E-state index contributed by atoms with van der Waals surface area (Å²) < 4.78 is 0. The van der Waals surface area contributed by atoms with Crippen molar-refractivity contribution in [3.63, 3.8) is 0 Å². The van der Waals surface area contributed by atoms with Crippen molar-refractivity contribution in [2.75, 3.05) is 5.75 Å². The number of carboxylic acid groups (broad SMARTS) is 1. The summed E-state index contributed by atoms with van der Waals surface area (Å²) in [5, 5.41) is 9.42. The van der Waals surface area contributed by atoms with Gasteiger partial charge in [0.25, 0.3) is 0 Å². The summed E-state index contributed by atoms with van der Waals surface area (Å²) in [6, 6.07) is 7.12. The monoisotopic (exact) mass is 305 g/mol. The SMILES string of the molecule is Cc1ccccc1CC(=O)N1C(C(=O)O)CSC1C1CC1. The lowest BCUT2D eigenvalue weighted by Gasteiger charge is -2.27.